The van der Waals surface area contributed by atoms with Gasteiger partial charge in [-0.15, -0.1) is 5.10 Å². The Morgan fingerprint density at radius 2 is 1.82 bits per heavy atom. The zero-order valence-corrected chi connectivity index (χ0v) is 5.48. The number of hydrazone groups is 1. The predicted molar refractivity (Wildman–Crippen MR) is 37.8 cm³/mol. The van der Waals surface area contributed by atoms with Crippen LogP contribution in [0.4, 0.5) is 4.79 Å². The number of amidine groups is 2. The van der Waals surface area contributed by atoms with E-state index in [1.165, 1.54) is 0 Å². The molecule has 0 aliphatic carbocycles. The highest BCUT2D eigenvalue weighted by Gasteiger charge is 1.98. The molecule has 0 unspecified atom stereocenters. The predicted octanol–water partition coefficient (Wildman–Crippen LogP) is -2.33. The van der Waals surface area contributed by atoms with Gasteiger partial charge in [-0.1, -0.05) is 5.16 Å². The average Bonchev–Trinajstić information content (AvgIpc) is 1.98. The SMILES string of the molecule is NC(=O)N/N=C(N)/C(N)=N/O. The number of amides is 2. The molecule has 0 aromatic heterocycles. The monoisotopic (exact) mass is 160 g/mol. The van der Waals surface area contributed by atoms with E-state index in [-0.39, 0.29) is 5.84 Å². The molecule has 0 aliphatic heterocycles. The lowest BCUT2D eigenvalue weighted by Crippen LogP contribution is -2.35. The van der Waals surface area contributed by atoms with Gasteiger partial charge >= 0.3 is 6.03 Å². The van der Waals surface area contributed by atoms with Crippen molar-refractivity contribution in [3.8, 4) is 0 Å². The Hall–Kier alpha value is -1.99. The molecule has 0 heterocycles. The molecule has 11 heavy (non-hydrogen) atoms. The van der Waals surface area contributed by atoms with Crippen molar-refractivity contribution in [2.75, 3.05) is 0 Å². The van der Waals surface area contributed by atoms with E-state index in [0.717, 1.165) is 0 Å². The number of oxime groups is 1. The molecule has 0 bridgehead atoms. The van der Waals surface area contributed by atoms with Gasteiger partial charge in [0.1, 0.15) is 0 Å². The molecule has 0 atom stereocenters. The molecule has 8 nitrogen and oxygen atoms in total. The fourth-order valence-corrected chi connectivity index (χ4v) is 0.224. The van der Waals surface area contributed by atoms with Crippen molar-refractivity contribution in [2.24, 2.45) is 27.5 Å². The van der Waals surface area contributed by atoms with Crippen molar-refractivity contribution in [1.82, 2.24) is 5.43 Å². The highest BCUT2D eigenvalue weighted by atomic mass is 16.4. The van der Waals surface area contributed by atoms with Gasteiger partial charge in [0.2, 0.25) is 5.84 Å². The molecule has 2 amide bonds. The Morgan fingerprint density at radius 1 is 1.27 bits per heavy atom. The lowest BCUT2D eigenvalue weighted by molar-refractivity contribution is 0.249. The van der Waals surface area contributed by atoms with E-state index in [9.17, 15) is 4.79 Å². The first-order chi connectivity index (χ1) is 5.07. The summed E-state index contributed by atoms with van der Waals surface area (Å²) in [6.45, 7) is 0. The van der Waals surface area contributed by atoms with E-state index in [4.69, 9.17) is 16.7 Å². The van der Waals surface area contributed by atoms with Gasteiger partial charge in [-0.3, -0.25) is 0 Å². The third-order valence-corrected chi connectivity index (χ3v) is 0.657. The van der Waals surface area contributed by atoms with Crippen LogP contribution in [0.15, 0.2) is 10.3 Å². The number of nitrogens with two attached hydrogens (primary N) is 3. The maximum atomic E-state index is 10.0. The zero-order chi connectivity index (χ0) is 8.85. The fraction of sp³-hybridized carbons (Fsp3) is 0. The summed E-state index contributed by atoms with van der Waals surface area (Å²) in [4.78, 5) is 10.0. The number of hydrogen-bond donors (Lipinski definition) is 5. The van der Waals surface area contributed by atoms with Gasteiger partial charge in [-0.05, 0) is 0 Å². The second kappa shape index (κ2) is 3.93. The number of carbonyl (C=O) groups excluding carboxylic acids is 1. The lowest BCUT2D eigenvalue weighted by Gasteiger charge is -1.95. The third kappa shape index (κ3) is 3.56. The van der Waals surface area contributed by atoms with Crippen LogP contribution in [0.25, 0.3) is 0 Å². The number of primary amides is 1. The Bertz CT molecular complexity index is 208. The van der Waals surface area contributed by atoms with Gasteiger partial charge in [-0.25, -0.2) is 10.2 Å². The number of carbonyl (C=O) groups is 1. The number of nitrogens with one attached hydrogen (secondary N) is 1. The zero-order valence-electron chi connectivity index (χ0n) is 5.48. The lowest BCUT2D eigenvalue weighted by atomic mass is 10.6. The molecule has 62 valence electrons. The largest absolute Gasteiger partial charge is 0.409 e. The second-order valence-electron chi connectivity index (χ2n) is 1.46. The van der Waals surface area contributed by atoms with Crippen LogP contribution in [0.2, 0.25) is 0 Å². The number of rotatable bonds is 1. The first-order valence-electron chi connectivity index (χ1n) is 2.44. The van der Waals surface area contributed by atoms with E-state index < -0.39 is 11.9 Å². The van der Waals surface area contributed by atoms with Gasteiger partial charge in [-0.2, -0.15) is 0 Å². The molecular weight excluding hydrogens is 152 g/mol. The van der Waals surface area contributed by atoms with Gasteiger partial charge in [0.15, 0.2) is 5.84 Å². The van der Waals surface area contributed by atoms with E-state index in [1.54, 1.807) is 5.43 Å². The molecule has 0 rings (SSSR count). The van der Waals surface area contributed by atoms with E-state index in [1.807, 2.05) is 0 Å². The Kier molecular flexibility index (Phi) is 3.22. The summed E-state index contributed by atoms with van der Waals surface area (Å²) in [6.07, 6.45) is 0. The summed E-state index contributed by atoms with van der Waals surface area (Å²) in [5.41, 5.74) is 16.4. The first kappa shape index (κ1) is 9.01. The van der Waals surface area contributed by atoms with Crippen molar-refractivity contribution in [3.05, 3.63) is 0 Å². The quantitative estimate of drug-likeness (QED) is 0.126. The molecule has 8 N–H and O–H groups in total. The van der Waals surface area contributed by atoms with Crippen LogP contribution in [0.5, 0.6) is 0 Å². The second-order valence-corrected chi connectivity index (χ2v) is 1.46. The molecule has 0 spiro atoms. The van der Waals surface area contributed by atoms with Crippen molar-refractivity contribution in [1.29, 1.82) is 0 Å². The van der Waals surface area contributed by atoms with Crippen LogP contribution < -0.4 is 22.6 Å². The molecule has 0 radical (unpaired) electrons. The summed E-state index contributed by atoms with van der Waals surface area (Å²) in [6, 6.07) is -0.890. The molecule has 0 fully saturated rings. The topological polar surface area (TPSA) is 152 Å². The van der Waals surface area contributed by atoms with Gasteiger partial charge in [0.05, 0.1) is 0 Å². The van der Waals surface area contributed by atoms with Crippen LogP contribution >= 0.6 is 0 Å². The van der Waals surface area contributed by atoms with Crippen LogP contribution in [0.3, 0.4) is 0 Å². The molecule has 0 aliphatic rings. The summed E-state index contributed by atoms with van der Waals surface area (Å²) in [5.74, 6) is -0.731. The highest BCUT2D eigenvalue weighted by molar-refractivity contribution is 6.39. The Morgan fingerprint density at radius 3 is 2.18 bits per heavy atom. The summed E-state index contributed by atoms with van der Waals surface area (Å²) < 4.78 is 0. The maximum Gasteiger partial charge on any atom is 0.332 e. The van der Waals surface area contributed by atoms with Crippen molar-refractivity contribution < 1.29 is 10.0 Å². The minimum Gasteiger partial charge on any atom is -0.409 e. The maximum absolute atomic E-state index is 10.0. The Balaban J connectivity index is 4.12. The molecule has 8 heteroatoms. The molecule has 0 aromatic carbocycles. The van der Waals surface area contributed by atoms with Gasteiger partial charge in [0, 0.05) is 0 Å². The van der Waals surface area contributed by atoms with Gasteiger partial charge < -0.3 is 22.4 Å². The summed E-state index contributed by atoms with van der Waals surface area (Å²) >= 11 is 0. The average molecular weight is 160 g/mol. The molecule has 0 saturated carbocycles. The smallest absolute Gasteiger partial charge is 0.332 e. The number of hydrogen-bond acceptors (Lipinski definition) is 4. The number of nitrogens with zero attached hydrogens (tertiary/aromatic N) is 2. The normalized spacial score (nSPS) is 12.7. The van der Waals surface area contributed by atoms with Crippen LogP contribution in [-0.2, 0) is 0 Å². The minimum absolute atomic E-state index is 0.327. The van der Waals surface area contributed by atoms with Crippen molar-refractivity contribution in [2.45, 2.75) is 0 Å². The van der Waals surface area contributed by atoms with E-state index in [0.29, 0.717) is 0 Å². The van der Waals surface area contributed by atoms with E-state index in [2.05, 4.69) is 16.0 Å². The molecular formula is C3H8N6O2. The van der Waals surface area contributed by atoms with Crippen molar-refractivity contribution >= 4 is 17.7 Å². The van der Waals surface area contributed by atoms with Crippen LogP contribution in [0, 0.1) is 0 Å². The fourth-order valence-electron chi connectivity index (χ4n) is 0.224. The van der Waals surface area contributed by atoms with Crippen LogP contribution in [0.1, 0.15) is 0 Å². The number of urea groups is 1. The first-order valence-corrected chi connectivity index (χ1v) is 2.44. The molecule has 0 aromatic rings. The minimum atomic E-state index is -0.890. The standard InChI is InChI=1S/C3H8N6O2/c4-1(2(5)9-11)7-8-3(6)10/h11H,(H2,4,7)(H2,5,9)(H3,6,8,10). The molecule has 0 saturated heterocycles. The third-order valence-electron chi connectivity index (χ3n) is 0.657. The van der Waals surface area contributed by atoms with Crippen molar-refractivity contribution in [3.63, 3.8) is 0 Å². The summed E-state index contributed by atoms with van der Waals surface area (Å²) in [7, 11) is 0. The van der Waals surface area contributed by atoms with Crippen LogP contribution in [-0.4, -0.2) is 22.9 Å². The van der Waals surface area contributed by atoms with E-state index >= 15 is 0 Å². The summed E-state index contributed by atoms with van der Waals surface area (Å²) in [5, 5.41) is 13.7. The Labute approximate surface area is 61.7 Å². The van der Waals surface area contributed by atoms with Gasteiger partial charge in [0.25, 0.3) is 0 Å². The highest BCUT2D eigenvalue weighted by Crippen LogP contribution is 1.67.